The molecule has 0 unspecified atom stereocenters. The lowest BCUT2D eigenvalue weighted by atomic mass is 10.0. The van der Waals surface area contributed by atoms with Gasteiger partial charge < -0.3 is 5.32 Å². The molecule has 0 radical (unpaired) electrons. The molecule has 0 aromatic carbocycles. The molecule has 1 aliphatic heterocycles. The van der Waals surface area contributed by atoms with Crippen molar-refractivity contribution in [2.45, 2.75) is 19.4 Å². The fourth-order valence-corrected chi connectivity index (χ4v) is 2.27. The summed E-state index contributed by atoms with van der Waals surface area (Å²) in [6.45, 7) is 7.74. The number of sulfone groups is 1. The minimum Gasteiger partial charge on any atom is -0.314 e. The molecule has 4 nitrogen and oxygen atoms in total. The molecule has 0 amide bonds. The quantitative estimate of drug-likeness (QED) is 0.710. The van der Waals surface area contributed by atoms with E-state index in [0.717, 1.165) is 19.6 Å². The first-order valence-corrected chi connectivity index (χ1v) is 7.01. The molecule has 0 bridgehead atoms. The second-order valence-corrected chi connectivity index (χ2v) is 6.87. The Bertz CT molecular complexity index is 285. The van der Waals surface area contributed by atoms with Crippen molar-refractivity contribution in [1.82, 2.24) is 10.2 Å². The summed E-state index contributed by atoms with van der Waals surface area (Å²) >= 11 is 0. The van der Waals surface area contributed by atoms with E-state index >= 15 is 0 Å². The average molecular weight is 220 g/mol. The van der Waals surface area contributed by atoms with Gasteiger partial charge in [0.15, 0.2) is 0 Å². The first kappa shape index (κ1) is 11.9. The van der Waals surface area contributed by atoms with Crippen molar-refractivity contribution in [2.24, 2.45) is 0 Å². The zero-order valence-corrected chi connectivity index (χ0v) is 10.0. The number of hydrogen-bond donors (Lipinski definition) is 1. The maximum atomic E-state index is 11.0. The molecule has 1 saturated heterocycles. The Labute approximate surface area is 86.6 Å². The SMILES string of the molecule is CC1(C)CNCCN1CCS(C)(=O)=O. The summed E-state index contributed by atoms with van der Waals surface area (Å²) in [4.78, 5) is 2.24. The maximum absolute atomic E-state index is 11.0. The van der Waals surface area contributed by atoms with E-state index in [1.165, 1.54) is 6.26 Å². The average Bonchev–Trinajstić information content (AvgIpc) is 2.00. The Balaban J connectivity index is 2.50. The van der Waals surface area contributed by atoms with E-state index in [2.05, 4.69) is 24.1 Å². The molecule has 84 valence electrons. The van der Waals surface area contributed by atoms with E-state index in [9.17, 15) is 8.42 Å². The highest BCUT2D eigenvalue weighted by molar-refractivity contribution is 7.90. The third-order valence-corrected chi connectivity index (χ3v) is 3.63. The number of nitrogens with zero attached hydrogens (tertiary/aromatic N) is 1. The zero-order valence-electron chi connectivity index (χ0n) is 9.21. The second kappa shape index (κ2) is 4.16. The summed E-state index contributed by atoms with van der Waals surface area (Å²) in [5.74, 6) is 0.260. The van der Waals surface area contributed by atoms with Gasteiger partial charge in [-0.25, -0.2) is 8.42 Å². The van der Waals surface area contributed by atoms with Gasteiger partial charge in [-0.15, -0.1) is 0 Å². The highest BCUT2D eigenvalue weighted by Crippen LogP contribution is 2.15. The topological polar surface area (TPSA) is 49.4 Å². The lowest BCUT2D eigenvalue weighted by molar-refractivity contribution is 0.0982. The molecule has 0 atom stereocenters. The van der Waals surface area contributed by atoms with Crippen LogP contribution in [0.1, 0.15) is 13.8 Å². The van der Waals surface area contributed by atoms with Crippen molar-refractivity contribution >= 4 is 9.84 Å². The van der Waals surface area contributed by atoms with Gasteiger partial charge in [0, 0.05) is 38.0 Å². The normalized spacial score (nSPS) is 23.6. The summed E-state index contributed by atoms with van der Waals surface area (Å²) < 4.78 is 22.1. The molecule has 0 aliphatic carbocycles. The van der Waals surface area contributed by atoms with E-state index < -0.39 is 9.84 Å². The molecule has 0 saturated carbocycles. The van der Waals surface area contributed by atoms with Gasteiger partial charge in [-0.3, -0.25) is 4.90 Å². The van der Waals surface area contributed by atoms with E-state index in [4.69, 9.17) is 0 Å². The first-order chi connectivity index (χ1) is 6.31. The van der Waals surface area contributed by atoms with Gasteiger partial charge in [-0.2, -0.15) is 0 Å². The minimum atomic E-state index is -2.84. The van der Waals surface area contributed by atoms with Crippen LogP contribution in [0, 0.1) is 0 Å². The summed E-state index contributed by atoms with van der Waals surface area (Å²) in [7, 11) is -2.84. The predicted molar refractivity (Wildman–Crippen MR) is 58.2 cm³/mol. The summed E-state index contributed by atoms with van der Waals surface area (Å²) in [5.41, 5.74) is 0.0724. The standard InChI is InChI=1S/C9H20N2O2S/c1-9(2)8-10-4-5-11(9)6-7-14(3,12)13/h10H,4-8H2,1-3H3. The zero-order chi connectivity index (χ0) is 10.8. The molecule has 1 N–H and O–H groups in total. The Morgan fingerprint density at radius 2 is 2.07 bits per heavy atom. The fourth-order valence-electron chi connectivity index (χ4n) is 1.71. The van der Waals surface area contributed by atoms with Gasteiger partial charge in [0.2, 0.25) is 0 Å². The summed E-state index contributed by atoms with van der Waals surface area (Å²) in [6, 6.07) is 0. The van der Waals surface area contributed by atoms with E-state index in [-0.39, 0.29) is 11.3 Å². The van der Waals surface area contributed by atoms with Crippen molar-refractivity contribution < 1.29 is 8.42 Å². The number of rotatable bonds is 3. The largest absolute Gasteiger partial charge is 0.314 e. The molecule has 0 aromatic rings. The molecular weight excluding hydrogens is 200 g/mol. The molecule has 1 aliphatic rings. The van der Waals surface area contributed by atoms with Crippen LogP contribution in [0.5, 0.6) is 0 Å². The van der Waals surface area contributed by atoms with Crippen molar-refractivity contribution in [1.29, 1.82) is 0 Å². The third kappa shape index (κ3) is 3.55. The molecule has 5 heteroatoms. The van der Waals surface area contributed by atoms with Crippen molar-refractivity contribution in [3.8, 4) is 0 Å². The van der Waals surface area contributed by atoms with E-state index in [1.807, 2.05) is 0 Å². The van der Waals surface area contributed by atoms with Crippen LogP contribution in [-0.4, -0.2) is 57.0 Å². The minimum absolute atomic E-state index is 0.0724. The van der Waals surface area contributed by atoms with Crippen LogP contribution in [0.15, 0.2) is 0 Å². The van der Waals surface area contributed by atoms with Crippen LogP contribution >= 0.6 is 0 Å². The van der Waals surface area contributed by atoms with E-state index in [1.54, 1.807) is 0 Å². The van der Waals surface area contributed by atoms with Gasteiger partial charge in [0.05, 0.1) is 5.75 Å². The number of hydrogen-bond acceptors (Lipinski definition) is 4. The van der Waals surface area contributed by atoms with Crippen molar-refractivity contribution in [2.75, 3.05) is 38.2 Å². The fraction of sp³-hybridized carbons (Fsp3) is 1.00. The highest BCUT2D eigenvalue weighted by atomic mass is 32.2. The number of piperazine rings is 1. The number of nitrogens with one attached hydrogen (secondary N) is 1. The molecule has 1 fully saturated rings. The van der Waals surface area contributed by atoms with Gasteiger partial charge in [-0.1, -0.05) is 0 Å². The lowest BCUT2D eigenvalue weighted by Crippen LogP contribution is -2.58. The van der Waals surface area contributed by atoms with Gasteiger partial charge in [-0.05, 0) is 13.8 Å². The molecule has 14 heavy (non-hydrogen) atoms. The monoisotopic (exact) mass is 220 g/mol. The smallest absolute Gasteiger partial charge is 0.148 e. The second-order valence-electron chi connectivity index (χ2n) is 4.61. The van der Waals surface area contributed by atoms with E-state index in [0.29, 0.717) is 6.54 Å². The van der Waals surface area contributed by atoms with Crippen LogP contribution in [-0.2, 0) is 9.84 Å². The Morgan fingerprint density at radius 3 is 2.57 bits per heavy atom. The Morgan fingerprint density at radius 1 is 1.43 bits per heavy atom. The third-order valence-electron chi connectivity index (χ3n) is 2.70. The highest BCUT2D eigenvalue weighted by Gasteiger charge is 2.29. The molecular formula is C9H20N2O2S. The summed E-state index contributed by atoms with van der Waals surface area (Å²) in [6.07, 6.45) is 1.29. The van der Waals surface area contributed by atoms with Crippen LogP contribution in [0.4, 0.5) is 0 Å². The van der Waals surface area contributed by atoms with Crippen LogP contribution in [0.3, 0.4) is 0 Å². The Hall–Kier alpha value is -0.130. The maximum Gasteiger partial charge on any atom is 0.148 e. The van der Waals surface area contributed by atoms with Crippen molar-refractivity contribution in [3.05, 3.63) is 0 Å². The van der Waals surface area contributed by atoms with Crippen LogP contribution in [0.25, 0.3) is 0 Å². The van der Waals surface area contributed by atoms with Gasteiger partial charge >= 0.3 is 0 Å². The van der Waals surface area contributed by atoms with Crippen LogP contribution in [0.2, 0.25) is 0 Å². The van der Waals surface area contributed by atoms with Crippen molar-refractivity contribution in [3.63, 3.8) is 0 Å². The van der Waals surface area contributed by atoms with Gasteiger partial charge in [0.25, 0.3) is 0 Å². The predicted octanol–water partition coefficient (Wildman–Crippen LogP) is -0.285. The Kier molecular flexibility index (Phi) is 3.55. The van der Waals surface area contributed by atoms with Crippen LogP contribution < -0.4 is 5.32 Å². The molecule has 0 aromatic heterocycles. The summed E-state index contributed by atoms with van der Waals surface area (Å²) in [5, 5.41) is 3.31. The molecule has 1 heterocycles. The first-order valence-electron chi connectivity index (χ1n) is 4.95. The molecule has 0 spiro atoms. The van der Waals surface area contributed by atoms with Gasteiger partial charge in [0.1, 0.15) is 9.84 Å². The lowest BCUT2D eigenvalue weighted by Gasteiger charge is -2.42. The molecule has 1 rings (SSSR count).